The van der Waals surface area contributed by atoms with Crippen molar-refractivity contribution in [3.05, 3.63) is 382 Å². The molecule has 2 aliphatic heterocycles. The lowest BCUT2D eigenvalue weighted by Gasteiger charge is -2.47. The number of nitrogens with zero attached hydrogens (tertiary/aromatic N) is 3. The predicted octanol–water partition coefficient (Wildman–Crippen LogP) is 33.2. The fourth-order valence-electron chi connectivity index (χ4n) is 21.2. The maximum atomic E-state index is 2.82. The molecule has 0 saturated carbocycles. The molecule has 0 N–H and O–H groups in total. The number of benzene rings is 15. The molecular formula is C127H132BN3. The summed E-state index contributed by atoms with van der Waals surface area (Å²) in [7, 11) is 0. The van der Waals surface area contributed by atoms with Gasteiger partial charge in [-0.15, -0.1) is 0 Å². The quantitative estimate of drug-likeness (QED) is 0.126. The molecule has 0 atom stereocenters. The number of hydrogen-bond acceptors (Lipinski definition) is 2. The highest BCUT2D eigenvalue weighted by Crippen LogP contribution is 2.62. The summed E-state index contributed by atoms with van der Waals surface area (Å²) in [6.45, 7) is 63.8. The Balaban J connectivity index is 1.01. The minimum atomic E-state index is -0.666. The molecule has 0 spiro atoms. The van der Waals surface area contributed by atoms with Crippen LogP contribution in [-0.4, -0.2) is 11.3 Å². The van der Waals surface area contributed by atoms with Gasteiger partial charge in [-0.2, -0.15) is 0 Å². The number of rotatable bonds is 10. The Morgan fingerprint density at radius 2 is 0.573 bits per heavy atom. The van der Waals surface area contributed by atoms with E-state index in [1.807, 2.05) is 0 Å². The van der Waals surface area contributed by atoms with Gasteiger partial charge in [-0.05, 0) is 249 Å². The molecule has 3 nitrogen and oxygen atoms in total. The van der Waals surface area contributed by atoms with E-state index in [9.17, 15) is 0 Å². The van der Waals surface area contributed by atoms with E-state index in [4.69, 9.17) is 0 Å². The molecule has 0 amide bonds. The summed E-state index contributed by atoms with van der Waals surface area (Å²) in [5.74, 6) is 0. The minimum Gasteiger partial charge on any atom is -0.310 e. The molecule has 0 fully saturated rings. The average Bonchev–Trinajstić information content (AvgIpc) is 1.03. The second kappa shape index (κ2) is 31.0. The van der Waals surface area contributed by atoms with Gasteiger partial charge in [0, 0.05) is 61.5 Å². The van der Waals surface area contributed by atoms with Crippen molar-refractivity contribution in [3.63, 3.8) is 0 Å². The van der Waals surface area contributed by atoms with Crippen LogP contribution in [0, 0.1) is 0 Å². The van der Waals surface area contributed by atoms with E-state index in [0.29, 0.717) is 0 Å². The second-order valence-corrected chi connectivity index (χ2v) is 47.5. The molecular weight excluding hydrogens is 1580 g/mol. The van der Waals surface area contributed by atoms with Crippen LogP contribution in [0.25, 0.3) is 94.3 Å². The summed E-state index contributed by atoms with van der Waals surface area (Å²) in [4.78, 5) is 5.63. The van der Waals surface area contributed by atoms with Crippen molar-refractivity contribution in [1.29, 1.82) is 0 Å². The Hall–Kier alpha value is -12.2. The third-order valence-electron chi connectivity index (χ3n) is 29.1. The van der Waals surface area contributed by atoms with Gasteiger partial charge in [-0.3, -0.25) is 0 Å². The maximum Gasteiger partial charge on any atom is 0.252 e. The fraction of sp³-hybridized carbons (Fsp3) is 0.291. The molecule has 4 heteroatoms. The van der Waals surface area contributed by atoms with E-state index in [0.717, 1.165) is 56.3 Å². The molecule has 0 saturated heterocycles. The first-order valence-electron chi connectivity index (χ1n) is 48.0. The molecule has 1 aliphatic carbocycles. The van der Waals surface area contributed by atoms with Gasteiger partial charge in [-0.1, -0.05) is 430 Å². The zero-order chi connectivity index (χ0) is 92.9. The van der Waals surface area contributed by atoms with Crippen LogP contribution >= 0.6 is 0 Å². The van der Waals surface area contributed by atoms with E-state index in [-0.39, 0.29) is 50.0 Å². The lowest BCUT2D eigenvalue weighted by atomic mass is 9.33. The number of para-hydroxylation sites is 1. The zero-order valence-electron chi connectivity index (χ0n) is 82.9. The smallest absolute Gasteiger partial charge is 0.252 e. The summed E-state index contributed by atoms with van der Waals surface area (Å²) in [5, 5.41) is 2.47. The topological polar surface area (TPSA) is 11.4 Å². The Labute approximate surface area is 783 Å². The molecule has 19 rings (SSSR count). The highest BCUT2D eigenvalue weighted by molar-refractivity contribution is 7.00. The van der Waals surface area contributed by atoms with E-state index >= 15 is 0 Å². The molecule has 15 aromatic carbocycles. The maximum absolute atomic E-state index is 2.82. The SMILES string of the molecule is CC(C)(C)c1ccc(-c2cc(C(C)(C)C)cc(-c3ccc(C(C)(C)C)cc3)c2N2c3cc(-c4cc(C(C)(C)C)cc(C(C)(C)C)c4)ccc3B3c4ccc(-n5c6ccccc6c6c7c(ccc65)-c5ccccc5C7(c5ccccc5)c5ccccc5)cc4N(c4c(-c5ccc(C(C)(C)C)cc5)cc(C(C)(C)C)cc4-c4ccc(C(C)(C)C)cc4)c4cc(C(C)(C)C)cc2c43)cc1. The zero-order valence-corrected chi connectivity index (χ0v) is 82.9. The number of aromatic nitrogens is 1. The van der Waals surface area contributed by atoms with Crippen molar-refractivity contribution >= 4 is 79.0 Å². The van der Waals surface area contributed by atoms with Crippen LogP contribution < -0.4 is 26.2 Å². The third-order valence-corrected chi connectivity index (χ3v) is 29.1. The number of anilines is 6. The summed E-state index contributed by atoms with van der Waals surface area (Å²) in [5.41, 5.74) is 42.9. The van der Waals surface area contributed by atoms with Crippen LogP contribution in [0.5, 0.6) is 0 Å². The first-order valence-corrected chi connectivity index (χ1v) is 48.0. The Bertz CT molecular complexity index is 6960. The molecule has 16 aromatic rings. The van der Waals surface area contributed by atoms with Crippen LogP contribution in [0.2, 0.25) is 0 Å². The van der Waals surface area contributed by atoms with Gasteiger partial charge < -0.3 is 14.4 Å². The van der Waals surface area contributed by atoms with Gasteiger partial charge in [0.25, 0.3) is 6.71 Å². The lowest BCUT2D eigenvalue weighted by molar-refractivity contribution is 0.569. The first kappa shape index (κ1) is 88.1. The van der Waals surface area contributed by atoms with Crippen molar-refractivity contribution < 1.29 is 0 Å². The molecule has 1 aromatic heterocycles. The van der Waals surface area contributed by atoms with Crippen molar-refractivity contribution in [1.82, 2.24) is 4.57 Å². The van der Waals surface area contributed by atoms with E-state index in [1.54, 1.807) is 0 Å². The van der Waals surface area contributed by atoms with Gasteiger partial charge >= 0.3 is 0 Å². The van der Waals surface area contributed by atoms with Gasteiger partial charge in [0.2, 0.25) is 0 Å². The van der Waals surface area contributed by atoms with Gasteiger partial charge in [0.05, 0.1) is 27.8 Å². The number of fused-ring (bicyclic) bond motifs is 11. The minimum absolute atomic E-state index is 0.0776. The fourth-order valence-corrected chi connectivity index (χ4v) is 21.2. The van der Waals surface area contributed by atoms with Crippen LogP contribution in [0.3, 0.4) is 0 Å². The van der Waals surface area contributed by atoms with Crippen molar-refractivity contribution in [3.8, 4) is 72.4 Å². The average molecular weight is 1710 g/mol. The molecule has 0 bridgehead atoms. The molecule has 131 heavy (non-hydrogen) atoms. The van der Waals surface area contributed by atoms with Crippen molar-refractivity contribution in [2.75, 3.05) is 9.80 Å². The normalized spacial score (nSPS) is 14.1. The van der Waals surface area contributed by atoms with Gasteiger partial charge in [0.15, 0.2) is 0 Å². The summed E-state index contributed by atoms with van der Waals surface area (Å²) >= 11 is 0. The lowest BCUT2D eigenvalue weighted by Crippen LogP contribution is -2.61. The Morgan fingerprint density at radius 3 is 0.977 bits per heavy atom. The third kappa shape index (κ3) is 15.1. The predicted molar refractivity (Wildman–Crippen MR) is 568 cm³/mol. The standard InChI is InChI=1S/C127H132BN3/c1-118(2,3)85-55-46-79(47-56-85)100-72-93(124(19,20)21)73-101(80-48-57-86(58-49-80)119(4,5)6)116(100)130-109-70-83(84-68-91(122(13,14)15)71-92(69-84)123(16,17)18)54-65-105(109)128-106-66-63-96(129-107-45-37-35-43-99(107)113-108(129)67-64-98-97-42-34-36-44-104(97)127(114(98)113,89-38-30-28-31-39-89)90-40-32-29-33-41-90)78-110(106)131(112-77-95(126(25,26)27)76-111(130)115(112)128)117-102(81-50-59-87(60-51-81)120(7,8)9)74-94(125(22,23)24)75-103(117)82-52-61-88(62-53-82)121(10,11)12/h28-78H,1-27H3. The van der Waals surface area contributed by atoms with E-state index in [1.165, 1.54) is 161 Å². The molecule has 0 unspecified atom stereocenters. The van der Waals surface area contributed by atoms with Crippen LogP contribution in [0.4, 0.5) is 34.1 Å². The van der Waals surface area contributed by atoms with Crippen molar-refractivity contribution in [2.24, 2.45) is 0 Å². The molecule has 658 valence electrons. The van der Waals surface area contributed by atoms with Gasteiger partial charge in [-0.25, -0.2) is 0 Å². The second-order valence-electron chi connectivity index (χ2n) is 47.5. The monoisotopic (exact) mass is 1710 g/mol. The first-order chi connectivity index (χ1) is 61.6. The Kier molecular flexibility index (Phi) is 20.8. The molecule has 0 radical (unpaired) electrons. The van der Waals surface area contributed by atoms with Crippen molar-refractivity contribution in [2.45, 2.75) is 241 Å². The van der Waals surface area contributed by atoms with Gasteiger partial charge in [0.1, 0.15) is 0 Å². The van der Waals surface area contributed by atoms with Crippen LogP contribution in [-0.2, 0) is 54.1 Å². The highest BCUT2D eigenvalue weighted by atomic mass is 15.2. The van der Waals surface area contributed by atoms with Crippen LogP contribution in [0.15, 0.2) is 309 Å². The highest BCUT2D eigenvalue weighted by Gasteiger charge is 2.50. The Morgan fingerprint density at radius 1 is 0.229 bits per heavy atom. The summed E-state index contributed by atoms with van der Waals surface area (Å²) in [6, 6.07) is 123. The largest absolute Gasteiger partial charge is 0.310 e. The summed E-state index contributed by atoms with van der Waals surface area (Å²) < 4.78 is 2.63. The molecule has 3 heterocycles. The summed E-state index contributed by atoms with van der Waals surface area (Å²) in [6.07, 6.45) is 0. The number of hydrogen-bond donors (Lipinski definition) is 0. The van der Waals surface area contributed by atoms with E-state index < -0.39 is 10.8 Å². The van der Waals surface area contributed by atoms with E-state index in [2.05, 4.69) is 511 Å². The van der Waals surface area contributed by atoms with Crippen LogP contribution in [0.1, 0.15) is 259 Å². The molecule has 3 aliphatic rings.